The molecule has 0 rings (SSSR count). The molecule has 1 unspecified atom stereocenters. The molecular formula is C2H6FNOS. The van der Waals surface area contributed by atoms with Crippen LogP contribution in [0.4, 0.5) is 3.89 Å². The standard InChI is InChI=1S/C2H6FNOS/c1-4(2)6(3)5/h1-2H3. The van der Waals surface area contributed by atoms with Crippen LogP contribution in [0.25, 0.3) is 0 Å². The lowest BCUT2D eigenvalue weighted by atomic mass is 11.3. The van der Waals surface area contributed by atoms with Crippen molar-refractivity contribution in [3.8, 4) is 0 Å². The zero-order chi connectivity index (χ0) is 5.15. The molecule has 0 saturated carbocycles. The molecule has 0 aromatic carbocycles. The fourth-order valence-corrected chi connectivity index (χ4v) is 0. The normalized spacial score (nSPS) is 15.3. The maximum Gasteiger partial charge on any atom is 0.276 e. The van der Waals surface area contributed by atoms with Gasteiger partial charge >= 0.3 is 0 Å². The maximum atomic E-state index is 11.2. The first-order valence-corrected chi connectivity index (χ1v) is 2.41. The molecule has 0 aliphatic heterocycles. The van der Waals surface area contributed by atoms with Gasteiger partial charge in [0.05, 0.1) is 0 Å². The Morgan fingerprint density at radius 3 is 1.83 bits per heavy atom. The van der Waals surface area contributed by atoms with Gasteiger partial charge in [-0.2, -0.15) is 0 Å². The molecule has 0 aromatic rings. The minimum atomic E-state index is -2.28. The monoisotopic (exact) mass is 111 g/mol. The average molecular weight is 111 g/mol. The molecule has 0 radical (unpaired) electrons. The molecular weight excluding hydrogens is 105 g/mol. The first-order valence-electron chi connectivity index (χ1n) is 1.40. The number of hydrogen-bond donors (Lipinski definition) is 0. The Kier molecular flexibility index (Phi) is 2.27. The first kappa shape index (κ1) is 6.04. The predicted octanol–water partition coefficient (Wildman–Crippen LogP) is 0.0962. The van der Waals surface area contributed by atoms with E-state index < -0.39 is 11.4 Å². The van der Waals surface area contributed by atoms with E-state index >= 15 is 0 Å². The smallest absolute Gasteiger partial charge is 0.207 e. The Labute approximate surface area is 38.8 Å². The second kappa shape index (κ2) is 2.25. The third-order valence-corrected chi connectivity index (χ3v) is 0.861. The van der Waals surface area contributed by atoms with Crippen LogP contribution in [0.15, 0.2) is 0 Å². The summed E-state index contributed by atoms with van der Waals surface area (Å²) in [5.41, 5.74) is 0. The summed E-state index contributed by atoms with van der Waals surface area (Å²) in [4.78, 5) is 0. The second-order valence-electron chi connectivity index (χ2n) is 1.02. The third kappa shape index (κ3) is 2.29. The lowest BCUT2D eigenvalue weighted by molar-refractivity contribution is 0.559. The molecule has 0 aliphatic rings. The molecule has 2 nitrogen and oxygen atoms in total. The highest BCUT2D eigenvalue weighted by atomic mass is 32.2. The number of halogens is 1. The summed E-state index contributed by atoms with van der Waals surface area (Å²) < 4.78 is 21.7. The molecule has 0 bridgehead atoms. The van der Waals surface area contributed by atoms with E-state index in [9.17, 15) is 8.09 Å². The highest BCUT2D eigenvalue weighted by molar-refractivity contribution is 7.77. The van der Waals surface area contributed by atoms with Crippen molar-refractivity contribution in [2.45, 2.75) is 0 Å². The molecule has 6 heavy (non-hydrogen) atoms. The lowest BCUT2D eigenvalue weighted by Crippen LogP contribution is -2.09. The van der Waals surface area contributed by atoms with Crippen molar-refractivity contribution in [1.82, 2.24) is 4.31 Å². The average Bonchev–Trinajstić information content (AvgIpc) is 1.36. The van der Waals surface area contributed by atoms with Gasteiger partial charge in [-0.3, -0.25) is 0 Å². The van der Waals surface area contributed by atoms with Crippen LogP contribution in [0.2, 0.25) is 0 Å². The van der Waals surface area contributed by atoms with Gasteiger partial charge in [0.2, 0.25) is 0 Å². The van der Waals surface area contributed by atoms with E-state index in [0.29, 0.717) is 0 Å². The zero-order valence-electron chi connectivity index (χ0n) is 3.64. The molecule has 0 N–H and O–H groups in total. The Balaban J connectivity index is 3.26. The van der Waals surface area contributed by atoms with E-state index in [1.165, 1.54) is 14.1 Å². The Morgan fingerprint density at radius 1 is 1.67 bits per heavy atom. The zero-order valence-corrected chi connectivity index (χ0v) is 4.46. The third-order valence-electron chi connectivity index (χ3n) is 0.287. The highest BCUT2D eigenvalue weighted by Gasteiger charge is 1.93. The van der Waals surface area contributed by atoms with E-state index in [-0.39, 0.29) is 0 Å². The summed E-state index contributed by atoms with van der Waals surface area (Å²) in [6.07, 6.45) is 0. The highest BCUT2D eigenvalue weighted by Crippen LogP contribution is 1.82. The summed E-state index contributed by atoms with van der Waals surface area (Å²) >= 11 is -2.28. The Bertz CT molecular complexity index is 64.6. The van der Waals surface area contributed by atoms with E-state index in [2.05, 4.69) is 0 Å². The van der Waals surface area contributed by atoms with Gasteiger partial charge in [0, 0.05) is 14.1 Å². The topological polar surface area (TPSA) is 20.3 Å². The van der Waals surface area contributed by atoms with Gasteiger partial charge < -0.3 is 0 Å². The van der Waals surface area contributed by atoms with Crippen molar-refractivity contribution >= 4 is 11.4 Å². The van der Waals surface area contributed by atoms with Crippen LogP contribution in [0.5, 0.6) is 0 Å². The Hall–Kier alpha value is 0.0400. The van der Waals surface area contributed by atoms with Crippen molar-refractivity contribution in [3.63, 3.8) is 0 Å². The number of rotatable bonds is 1. The van der Waals surface area contributed by atoms with E-state index in [1.54, 1.807) is 0 Å². The molecule has 1 atom stereocenters. The summed E-state index contributed by atoms with van der Waals surface area (Å²) in [5, 5.41) is 0. The van der Waals surface area contributed by atoms with Crippen LogP contribution >= 0.6 is 0 Å². The largest absolute Gasteiger partial charge is 0.276 e. The predicted molar refractivity (Wildman–Crippen MR) is 22.9 cm³/mol. The molecule has 4 heteroatoms. The van der Waals surface area contributed by atoms with E-state index in [0.717, 1.165) is 4.31 Å². The van der Waals surface area contributed by atoms with Gasteiger partial charge in [0.1, 0.15) is 0 Å². The van der Waals surface area contributed by atoms with Crippen LogP contribution in [0, 0.1) is 0 Å². The van der Waals surface area contributed by atoms with Gasteiger partial charge in [-0.05, 0) is 0 Å². The van der Waals surface area contributed by atoms with Gasteiger partial charge in [-0.15, -0.1) is 3.89 Å². The molecule has 0 amide bonds. The number of nitrogens with zero attached hydrogens (tertiary/aromatic N) is 1. The van der Waals surface area contributed by atoms with Gasteiger partial charge in [-0.25, -0.2) is 8.51 Å². The molecule has 38 valence electrons. The van der Waals surface area contributed by atoms with Crippen LogP contribution in [-0.4, -0.2) is 22.6 Å². The quantitative estimate of drug-likeness (QED) is 0.439. The number of hydrogen-bond acceptors (Lipinski definition) is 1. The second-order valence-corrected chi connectivity index (χ2v) is 2.16. The SMILES string of the molecule is CN(C)S(=O)F. The van der Waals surface area contributed by atoms with Crippen LogP contribution < -0.4 is 0 Å². The summed E-state index contributed by atoms with van der Waals surface area (Å²) in [6.45, 7) is 0. The van der Waals surface area contributed by atoms with Gasteiger partial charge in [-0.1, -0.05) is 0 Å². The van der Waals surface area contributed by atoms with Crippen molar-refractivity contribution in [3.05, 3.63) is 0 Å². The molecule has 0 saturated heterocycles. The van der Waals surface area contributed by atoms with Crippen LogP contribution in [0.1, 0.15) is 0 Å². The van der Waals surface area contributed by atoms with Gasteiger partial charge in [0.25, 0.3) is 11.4 Å². The van der Waals surface area contributed by atoms with E-state index in [4.69, 9.17) is 0 Å². The van der Waals surface area contributed by atoms with Gasteiger partial charge in [0.15, 0.2) is 0 Å². The van der Waals surface area contributed by atoms with Crippen molar-refractivity contribution in [2.75, 3.05) is 14.1 Å². The summed E-state index contributed by atoms with van der Waals surface area (Å²) in [5.74, 6) is 0. The molecule has 0 aromatic heterocycles. The fourth-order valence-electron chi connectivity index (χ4n) is 0. The fraction of sp³-hybridized carbons (Fsp3) is 1.00. The summed E-state index contributed by atoms with van der Waals surface area (Å²) in [6, 6.07) is 0. The van der Waals surface area contributed by atoms with Crippen molar-refractivity contribution in [1.29, 1.82) is 0 Å². The summed E-state index contributed by atoms with van der Waals surface area (Å²) in [7, 11) is 2.80. The van der Waals surface area contributed by atoms with E-state index in [1.807, 2.05) is 0 Å². The van der Waals surface area contributed by atoms with Crippen LogP contribution in [-0.2, 0) is 11.4 Å². The minimum absolute atomic E-state index is 0.972. The maximum absolute atomic E-state index is 11.2. The molecule has 0 aliphatic carbocycles. The minimum Gasteiger partial charge on any atom is -0.207 e. The molecule has 0 heterocycles. The van der Waals surface area contributed by atoms with Crippen LogP contribution in [0.3, 0.4) is 0 Å². The first-order chi connectivity index (χ1) is 2.64. The van der Waals surface area contributed by atoms with Crippen molar-refractivity contribution < 1.29 is 8.09 Å². The van der Waals surface area contributed by atoms with Crippen molar-refractivity contribution in [2.24, 2.45) is 0 Å². The molecule has 0 fully saturated rings. The lowest BCUT2D eigenvalue weighted by Gasteiger charge is -1.95. The Morgan fingerprint density at radius 2 is 1.83 bits per heavy atom. The molecule has 0 spiro atoms.